The van der Waals surface area contributed by atoms with Gasteiger partial charge in [0, 0.05) is 25.2 Å². The van der Waals surface area contributed by atoms with E-state index in [0.29, 0.717) is 29.0 Å². The van der Waals surface area contributed by atoms with Gasteiger partial charge >= 0.3 is 6.09 Å². The van der Waals surface area contributed by atoms with Gasteiger partial charge in [0.25, 0.3) is 5.69 Å². The van der Waals surface area contributed by atoms with Crippen LogP contribution < -0.4 is 9.64 Å². The Morgan fingerprint density at radius 3 is 2.26 bits per heavy atom. The van der Waals surface area contributed by atoms with Gasteiger partial charge in [-0.25, -0.2) is 4.79 Å². The monoisotopic (exact) mass is 443 g/mol. The Morgan fingerprint density at radius 2 is 1.81 bits per heavy atom. The number of rotatable bonds is 3. The summed E-state index contributed by atoms with van der Waals surface area (Å²) >= 11 is 3.30. The Labute approximate surface area is 167 Å². The summed E-state index contributed by atoms with van der Waals surface area (Å²) in [4.78, 5) is 27.3. The molecule has 9 heteroatoms. The zero-order valence-corrected chi connectivity index (χ0v) is 18.1. The number of piperazine rings is 1. The van der Waals surface area contributed by atoms with Crippen LogP contribution in [0.4, 0.5) is 16.2 Å². The number of amides is 1. The molecule has 0 N–H and O–H groups in total. The molecule has 2 rings (SSSR count). The zero-order chi connectivity index (χ0) is 20.5. The number of nitro groups is 1. The first-order valence-electron chi connectivity index (χ1n) is 8.72. The second-order valence-electron chi connectivity index (χ2n) is 7.72. The highest BCUT2D eigenvalue weighted by molar-refractivity contribution is 9.10. The topological polar surface area (TPSA) is 85.2 Å². The lowest BCUT2D eigenvalue weighted by molar-refractivity contribution is -0.384. The van der Waals surface area contributed by atoms with Crippen molar-refractivity contribution in [2.24, 2.45) is 0 Å². The van der Waals surface area contributed by atoms with Crippen LogP contribution in [0, 0.1) is 10.1 Å². The second-order valence-corrected chi connectivity index (χ2v) is 8.58. The number of hydrogen-bond donors (Lipinski definition) is 0. The summed E-state index contributed by atoms with van der Waals surface area (Å²) < 4.78 is 11.3. The van der Waals surface area contributed by atoms with E-state index in [1.54, 1.807) is 11.0 Å². The highest BCUT2D eigenvalue weighted by Gasteiger charge is 2.37. The first-order valence-corrected chi connectivity index (χ1v) is 9.52. The fraction of sp³-hybridized carbons (Fsp3) is 0.611. The number of hydrogen-bond acceptors (Lipinski definition) is 6. The van der Waals surface area contributed by atoms with Gasteiger partial charge in [0.15, 0.2) is 0 Å². The third-order valence-corrected chi connectivity index (χ3v) is 4.93. The molecule has 2 atom stereocenters. The van der Waals surface area contributed by atoms with Gasteiger partial charge in [-0.2, -0.15) is 0 Å². The highest BCUT2D eigenvalue weighted by atomic mass is 79.9. The molecular weight excluding hydrogens is 418 g/mol. The number of halogens is 1. The molecule has 27 heavy (non-hydrogen) atoms. The van der Waals surface area contributed by atoms with Crippen molar-refractivity contribution in [3.63, 3.8) is 0 Å². The minimum atomic E-state index is -0.578. The van der Waals surface area contributed by atoms with Gasteiger partial charge in [-0.1, -0.05) is 0 Å². The average molecular weight is 444 g/mol. The predicted molar refractivity (Wildman–Crippen MR) is 107 cm³/mol. The van der Waals surface area contributed by atoms with E-state index in [9.17, 15) is 14.9 Å². The summed E-state index contributed by atoms with van der Waals surface area (Å²) in [6, 6.07) is 2.77. The molecule has 1 fully saturated rings. The molecule has 1 aromatic rings. The summed E-state index contributed by atoms with van der Waals surface area (Å²) in [6.45, 7) is 10.2. The molecule has 1 amide bonds. The summed E-state index contributed by atoms with van der Waals surface area (Å²) in [6.07, 6.45) is -0.370. The van der Waals surface area contributed by atoms with Crippen LogP contribution in [0.5, 0.6) is 5.75 Å². The van der Waals surface area contributed by atoms with Crippen LogP contribution in [0.25, 0.3) is 0 Å². The predicted octanol–water partition coefficient (Wildman–Crippen LogP) is 4.20. The largest absolute Gasteiger partial charge is 0.495 e. The Hall–Kier alpha value is -2.03. The molecule has 1 aromatic carbocycles. The number of methoxy groups -OCH3 is 1. The van der Waals surface area contributed by atoms with Crippen LogP contribution in [0.3, 0.4) is 0 Å². The molecule has 0 bridgehead atoms. The number of nitrogens with zero attached hydrogens (tertiary/aromatic N) is 3. The second kappa shape index (κ2) is 7.92. The third-order valence-electron chi connectivity index (χ3n) is 4.31. The molecule has 0 aliphatic carbocycles. The van der Waals surface area contributed by atoms with Crippen molar-refractivity contribution in [3.8, 4) is 5.75 Å². The van der Waals surface area contributed by atoms with Gasteiger partial charge in [-0.05, 0) is 50.5 Å². The lowest BCUT2D eigenvalue weighted by Gasteiger charge is -2.45. The normalized spacial score (nSPS) is 20.4. The number of nitro benzene ring substituents is 1. The van der Waals surface area contributed by atoms with Crippen molar-refractivity contribution in [3.05, 3.63) is 26.7 Å². The van der Waals surface area contributed by atoms with Crippen LogP contribution in [0.15, 0.2) is 16.6 Å². The quantitative estimate of drug-likeness (QED) is 0.513. The first-order chi connectivity index (χ1) is 12.4. The number of carbonyl (C=O) groups excluding carboxylic acids is 1. The molecule has 0 unspecified atom stereocenters. The van der Waals surface area contributed by atoms with E-state index >= 15 is 0 Å². The minimum absolute atomic E-state index is 0.00667. The van der Waals surface area contributed by atoms with Crippen LogP contribution >= 0.6 is 15.9 Å². The van der Waals surface area contributed by atoms with Crippen LogP contribution in [-0.4, -0.2) is 53.8 Å². The van der Waals surface area contributed by atoms with Gasteiger partial charge in [0.05, 0.1) is 28.6 Å². The van der Waals surface area contributed by atoms with Crippen LogP contribution in [0.2, 0.25) is 0 Å². The number of anilines is 1. The van der Waals surface area contributed by atoms with E-state index in [1.165, 1.54) is 13.2 Å². The Bertz CT molecular complexity index is 722. The fourth-order valence-corrected chi connectivity index (χ4v) is 3.78. The van der Waals surface area contributed by atoms with E-state index in [2.05, 4.69) is 15.9 Å². The molecule has 1 aliphatic rings. The van der Waals surface area contributed by atoms with Gasteiger partial charge in [-0.3, -0.25) is 15.0 Å². The van der Waals surface area contributed by atoms with E-state index in [4.69, 9.17) is 9.47 Å². The van der Waals surface area contributed by atoms with Crippen molar-refractivity contribution in [2.75, 3.05) is 25.1 Å². The summed E-state index contributed by atoms with van der Waals surface area (Å²) in [7, 11) is 1.52. The van der Waals surface area contributed by atoms with E-state index in [1.807, 2.05) is 39.5 Å². The van der Waals surface area contributed by atoms with Gasteiger partial charge < -0.3 is 14.4 Å². The Balaban J connectivity index is 2.31. The van der Waals surface area contributed by atoms with Gasteiger partial charge in [0.2, 0.25) is 0 Å². The summed E-state index contributed by atoms with van der Waals surface area (Å²) in [5.41, 5.74) is -0.110. The molecule has 150 valence electrons. The Kier molecular flexibility index (Phi) is 6.24. The average Bonchev–Trinajstić information content (AvgIpc) is 2.51. The molecule has 1 heterocycles. The standard InChI is InChI=1S/C18H26BrN3O5/c1-11-9-20(10-12(2)21(11)17(23)27-18(3,4)5)14-8-16(26-6)13(19)7-15(14)22(24)25/h7-8,11-12H,9-10H2,1-6H3/t11-,12+. The molecule has 0 aromatic heterocycles. The molecule has 1 aliphatic heterocycles. The van der Waals surface area contributed by atoms with E-state index in [0.717, 1.165) is 0 Å². The maximum Gasteiger partial charge on any atom is 0.410 e. The van der Waals surface area contributed by atoms with E-state index in [-0.39, 0.29) is 23.9 Å². The van der Waals surface area contributed by atoms with Crippen LogP contribution in [0.1, 0.15) is 34.6 Å². The lowest BCUT2D eigenvalue weighted by Crippen LogP contribution is -2.59. The van der Waals surface area contributed by atoms with Crippen molar-refractivity contribution in [1.29, 1.82) is 0 Å². The SMILES string of the molecule is COc1cc(N2C[C@@H](C)N(C(=O)OC(C)(C)C)[C@@H](C)C2)c([N+](=O)[O-])cc1Br. The molecule has 0 radical (unpaired) electrons. The minimum Gasteiger partial charge on any atom is -0.495 e. The fourth-order valence-electron chi connectivity index (χ4n) is 3.28. The molecule has 0 spiro atoms. The zero-order valence-electron chi connectivity index (χ0n) is 16.5. The molecule has 1 saturated heterocycles. The van der Waals surface area contributed by atoms with Gasteiger partial charge in [0.1, 0.15) is 17.0 Å². The lowest BCUT2D eigenvalue weighted by atomic mass is 10.1. The highest BCUT2D eigenvalue weighted by Crippen LogP contribution is 2.39. The third kappa shape index (κ3) is 4.82. The van der Waals surface area contributed by atoms with E-state index < -0.39 is 10.5 Å². The van der Waals surface area contributed by atoms with Crippen molar-refractivity contribution in [1.82, 2.24) is 4.90 Å². The summed E-state index contributed by atoms with van der Waals surface area (Å²) in [5.74, 6) is 0.519. The van der Waals surface area contributed by atoms with Crippen molar-refractivity contribution in [2.45, 2.75) is 52.3 Å². The molecule has 0 saturated carbocycles. The van der Waals surface area contributed by atoms with Crippen molar-refractivity contribution >= 4 is 33.4 Å². The first kappa shape index (κ1) is 21.3. The molecular formula is C18H26BrN3O5. The maximum absolute atomic E-state index is 12.5. The van der Waals surface area contributed by atoms with Crippen molar-refractivity contribution < 1.29 is 19.2 Å². The Morgan fingerprint density at radius 1 is 1.26 bits per heavy atom. The van der Waals surface area contributed by atoms with Crippen LogP contribution in [-0.2, 0) is 4.74 Å². The maximum atomic E-state index is 12.5. The number of ether oxygens (including phenoxy) is 2. The van der Waals surface area contributed by atoms with Gasteiger partial charge in [-0.15, -0.1) is 0 Å². The summed E-state index contributed by atoms with van der Waals surface area (Å²) in [5, 5.41) is 11.5. The smallest absolute Gasteiger partial charge is 0.410 e. The molecule has 8 nitrogen and oxygen atoms in total. The number of benzene rings is 1. The number of carbonyl (C=O) groups is 1.